The summed E-state index contributed by atoms with van der Waals surface area (Å²) in [5, 5.41) is 0. The van der Waals surface area contributed by atoms with E-state index < -0.39 is 0 Å². The molecule has 2 aliphatic heterocycles. The van der Waals surface area contributed by atoms with Crippen molar-refractivity contribution in [2.24, 2.45) is 70.8 Å². The first kappa shape index (κ1) is 46.6. The number of carbonyl (C=O) groups is 3. The third-order valence-electron chi connectivity index (χ3n) is 16.1. The van der Waals surface area contributed by atoms with Crippen LogP contribution in [0.1, 0.15) is 89.9 Å². The first-order valence-electron chi connectivity index (χ1n) is 24.5. The van der Waals surface area contributed by atoms with Crippen LogP contribution >= 0.6 is 0 Å². The molecule has 11 heteroatoms. The maximum Gasteiger partial charge on any atom is 0.309 e. The van der Waals surface area contributed by atoms with Crippen molar-refractivity contribution in [1.82, 2.24) is 9.97 Å². The predicted molar refractivity (Wildman–Crippen MR) is 253 cm³/mol. The Morgan fingerprint density at radius 3 is 1.67 bits per heavy atom. The highest BCUT2D eigenvalue weighted by molar-refractivity contribution is 5.76. The largest absolute Gasteiger partial charge is 0.466 e. The molecule has 6 fully saturated rings. The van der Waals surface area contributed by atoms with Crippen LogP contribution in [0.5, 0.6) is 0 Å². The van der Waals surface area contributed by atoms with Gasteiger partial charge in [0.15, 0.2) is 0 Å². The van der Waals surface area contributed by atoms with Gasteiger partial charge in [-0.1, -0.05) is 48.6 Å². The first-order chi connectivity index (χ1) is 32.4. The van der Waals surface area contributed by atoms with Crippen molar-refractivity contribution in [3.8, 4) is 22.3 Å². The van der Waals surface area contributed by atoms with E-state index in [2.05, 4.69) is 34.3 Å². The summed E-state index contributed by atoms with van der Waals surface area (Å²) in [7, 11) is 0. The number of allylic oxidation sites excluding steroid dienone is 2. The van der Waals surface area contributed by atoms with Gasteiger partial charge in [0.1, 0.15) is 23.8 Å². The van der Waals surface area contributed by atoms with E-state index in [4.69, 9.17) is 19.9 Å². The number of hydrogen-bond acceptors (Lipinski definition) is 9. The molecule has 4 saturated carbocycles. The van der Waals surface area contributed by atoms with Crippen LogP contribution in [0.3, 0.4) is 0 Å². The monoisotopic (exact) mass is 911 g/mol. The average molecular weight is 912 g/mol. The normalized spacial score (nSPS) is 33.1. The SMILES string of the molecule is CCOC(=O)C[C@@H]1CC[C@@H]2[C@@H](C1)C[C@H]1C(=O)O[C@H](C)[C@H]1[C@H]2/C=C/c1ccc(-c2cccc(F)c2)cn1.C[C@H]1OC(=O)[C@@H]2C[C@@H]3C[C@H](N)CC[C@H]3[C@H](/C=C/c3ccc(-c4cccc(F)c4)cn3)[C@H]12. The molecule has 6 aliphatic rings. The fourth-order valence-corrected chi connectivity index (χ4v) is 13.1. The summed E-state index contributed by atoms with van der Waals surface area (Å²) in [6.45, 7) is 6.30. The number of nitrogens with zero attached hydrogens (tertiary/aromatic N) is 2. The van der Waals surface area contributed by atoms with Gasteiger partial charge in [0, 0.05) is 47.8 Å². The molecule has 10 rings (SSSR count). The number of fused-ring (bicyclic) bond motifs is 4. The zero-order valence-electron chi connectivity index (χ0n) is 38.7. The van der Waals surface area contributed by atoms with Crippen molar-refractivity contribution in [1.29, 1.82) is 0 Å². The number of pyridine rings is 2. The van der Waals surface area contributed by atoms with Gasteiger partial charge >= 0.3 is 17.9 Å². The summed E-state index contributed by atoms with van der Waals surface area (Å²) < 4.78 is 43.6. The second kappa shape index (κ2) is 20.4. The molecule has 2 N–H and O–H groups in total. The van der Waals surface area contributed by atoms with Crippen LogP contribution in [0, 0.1) is 76.7 Å². The summed E-state index contributed by atoms with van der Waals surface area (Å²) in [6.07, 6.45) is 20.4. The third-order valence-corrected chi connectivity index (χ3v) is 16.1. The lowest BCUT2D eigenvalue weighted by molar-refractivity contribution is -0.146. The number of ether oxygens (including phenoxy) is 3. The average Bonchev–Trinajstić information content (AvgIpc) is 3.77. The molecule has 0 spiro atoms. The van der Waals surface area contributed by atoms with Crippen molar-refractivity contribution in [3.05, 3.63) is 120 Å². The molecule has 2 aromatic carbocycles. The number of aromatic nitrogens is 2. The van der Waals surface area contributed by atoms with Crippen molar-refractivity contribution in [3.63, 3.8) is 0 Å². The molecule has 4 heterocycles. The predicted octanol–water partition coefficient (Wildman–Crippen LogP) is 10.9. The van der Waals surface area contributed by atoms with Gasteiger partial charge in [-0.2, -0.15) is 0 Å². The smallest absolute Gasteiger partial charge is 0.309 e. The minimum Gasteiger partial charge on any atom is -0.466 e. The number of esters is 3. The number of halogens is 2. The number of rotatable bonds is 9. The Hall–Kier alpha value is -5.55. The highest BCUT2D eigenvalue weighted by atomic mass is 19.1. The first-order valence-corrected chi connectivity index (χ1v) is 24.5. The molecule has 4 aliphatic carbocycles. The zero-order chi connectivity index (χ0) is 46.8. The van der Waals surface area contributed by atoms with Gasteiger partial charge < -0.3 is 19.9 Å². The molecular formula is C56H63F2N3O6. The Kier molecular flexibility index (Phi) is 14.1. The molecule has 4 aromatic rings. The molecule has 2 aromatic heterocycles. The van der Waals surface area contributed by atoms with Crippen LogP contribution in [0.4, 0.5) is 8.78 Å². The lowest BCUT2D eigenvalue weighted by atomic mass is 9.56. The molecule has 0 unspecified atom stereocenters. The topological polar surface area (TPSA) is 131 Å². The summed E-state index contributed by atoms with van der Waals surface area (Å²) in [5.41, 5.74) is 11.3. The summed E-state index contributed by atoms with van der Waals surface area (Å²) >= 11 is 0. The fourth-order valence-electron chi connectivity index (χ4n) is 13.1. The lowest BCUT2D eigenvalue weighted by Crippen LogP contribution is -2.46. The van der Waals surface area contributed by atoms with Gasteiger partial charge in [-0.05, 0) is 173 Å². The van der Waals surface area contributed by atoms with Crippen molar-refractivity contribution >= 4 is 30.1 Å². The van der Waals surface area contributed by atoms with E-state index in [1.54, 1.807) is 24.5 Å². The van der Waals surface area contributed by atoms with E-state index in [1.165, 1.54) is 24.3 Å². The number of carbonyl (C=O) groups excluding carboxylic acids is 3. The van der Waals surface area contributed by atoms with Crippen LogP contribution in [0.2, 0.25) is 0 Å². The van der Waals surface area contributed by atoms with Gasteiger partial charge in [0.05, 0.1) is 29.8 Å². The second-order valence-electron chi connectivity index (χ2n) is 20.1. The van der Waals surface area contributed by atoms with E-state index >= 15 is 0 Å². The molecule has 2 saturated heterocycles. The Bertz CT molecular complexity index is 2460. The third kappa shape index (κ3) is 10.3. The van der Waals surface area contributed by atoms with E-state index in [0.29, 0.717) is 48.5 Å². The second-order valence-corrected chi connectivity index (χ2v) is 20.1. The Balaban J connectivity index is 0.000000170. The Morgan fingerprint density at radius 1 is 0.687 bits per heavy atom. The lowest BCUT2D eigenvalue weighted by Gasteiger charge is -2.47. The quantitative estimate of drug-likeness (QED) is 0.129. The molecule has 0 bridgehead atoms. The Morgan fingerprint density at radius 2 is 1.19 bits per heavy atom. The van der Waals surface area contributed by atoms with Crippen LogP contribution in [-0.2, 0) is 28.6 Å². The standard InChI is InChI=1S/C30H34FNO4.C26H29FN2O2/c1-3-35-28(33)14-19-7-11-25-22(13-19)16-27-29(18(2)36-30(27)34)26(25)12-10-24-9-8-21(17-32-24)20-5-4-6-23(31)15-20;1-15-25-23(22-9-6-20(28)12-18(22)13-24(25)26(30)31-15)10-8-21-7-5-17(14-29-21)16-3-2-4-19(27)11-16/h4-6,8-10,12,15,17-19,22,25-27,29H,3,7,11,13-14,16H2,1-2H3;2-5,7-8,10-11,14-15,18,20,22-25H,6,9,12-13,28H2,1H3/b12-10+;10-8+/t18-,19-,22+,25-,26+,27-,29+;15-,18+,20-,22-,23+,24-,25+/m11/s1. The highest BCUT2D eigenvalue weighted by Crippen LogP contribution is 2.56. The minimum atomic E-state index is -0.266. The van der Waals surface area contributed by atoms with Gasteiger partial charge in [-0.3, -0.25) is 24.4 Å². The van der Waals surface area contributed by atoms with Gasteiger partial charge in [-0.15, -0.1) is 0 Å². The zero-order valence-corrected chi connectivity index (χ0v) is 38.7. The molecule has 352 valence electrons. The summed E-state index contributed by atoms with van der Waals surface area (Å²) in [4.78, 5) is 46.4. The maximum absolute atomic E-state index is 13.6. The Labute approximate surface area is 393 Å². The molecule has 67 heavy (non-hydrogen) atoms. The highest BCUT2D eigenvalue weighted by Gasteiger charge is 2.56. The van der Waals surface area contributed by atoms with Gasteiger partial charge in [-0.25, -0.2) is 8.78 Å². The van der Waals surface area contributed by atoms with Crippen LogP contribution in [-0.4, -0.2) is 52.7 Å². The molecule has 0 radical (unpaired) electrons. The van der Waals surface area contributed by atoms with Gasteiger partial charge in [0.2, 0.25) is 0 Å². The minimum absolute atomic E-state index is 0.0143. The van der Waals surface area contributed by atoms with E-state index in [9.17, 15) is 23.2 Å². The van der Waals surface area contributed by atoms with Crippen LogP contribution in [0.25, 0.3) is 34.4 Å². The number of cyclic esters (lactones) is 2. The number of nitrogens with two attached hydrogens (primary N) is 1. The van der Waals surface area contributed by atoms with Crippen LogP contribution in [0.15, 0.2) is 97.3 Å². The fraction of sp³-hybridized carbons (Fsp3) is 0.482. The summed E-state index contributed by atoms with van der Waals surface area (Å²) in [5.74, 6) is 2.28. The summed E-state index contributed by atoms with van der Waals surface area (Å²) in [6, 6.07) is 21.1. The molecular weight excluding hydrogens is 849 g/mol. The number of benzene rings is 2. The molecule has 9 nitrogen and oxygen atoms in total. The van der Waals surface area contributed by atoms with Gasteiger partial charge in [0.25, 0.3) is 0 Å². The maximum atomic E-state index is 13.6. The molecule has 0 amide bonds. The van der Waals surface area contributed by atoms with Crippen molar-refractivity contribution in [2.75, 3.05) is 6.61 Å². The van der Waals surface area contributed by atoms with E-state index in [-0.39, 0.29) is 77.4 Å². The van der Waals surface area contributed by atoms with Crippen LogP contribution < -0.4 is 5.73 Å². The van der Waals surface area contributed by atoms with Crippen molar-refractivity contribution in [2.45, 2.75) is 96.8 Å². The van der Waals surface area contributed by atoms with E-state index in [1.807, 2.05) is 57.2 Å². The molecule has 14 atom stereocenters. The van der Waals surface area contributed by atoms with E-state index in [0.717, 1.165) is 85.0 Å². The number of hydrogen-bond donors (Lipinski definition) is 1. The van der Waals surface area contributed by atoms with Crippen molar-refractivity contribution < 1.29 is 37.4 Å².